The van der Waals surface area contributed by atoms with Crippen LogP contribution in [-0.2, 0) is 6.54 Å². The van der Waals surface area contributed by atoms with Gasteiger partial charge in [-0.25, -0.2) is 0 Å². The van der Waals surface area contributed by atoms with Crippen molar-refractivity contribution in [3.8, 4) is 17.2 Å². The van der Waals surface area contributed by atoms with Gasteiger partial charge in [0.15, 0.2) is 17.5 Å². The Balaban J connectivity index is 1.45. The van der Waals surface area contributed by atoms with Crippen molar-refractivity contribution in [2.24, 2.45) is 4.99 Å². The Morgan fingerprint density at radius 1 is 1.11 bits per heavy atom. The molecule has 1 aliphatic rings. The molecule has 2 aromatic rings. The number of hydrogen-bond acceptors (Lipinski definition) is 4. The Hall–Kier alpha value is -2.89. The molecule has 0 radical (unpaired) electrons. The average molecular weight is 369 g/mol. The van der Waals surface area contributed by atoms with Gasteiger partial charge in [0.05, 0.1) is 12.6 Å². The molecule has 1 heterocycles. The van der Waals surface area contributed by atoms with E-state index in [2.05, 4.69) is 15.6 Å². The second-order valence-corrected chi connectivity index (χ2v) is 6.61. The summed E-state index contributed by atoms with van der Waals surface area (Å²) in [5, 5.41) is 6.59. The van der Waals surface area contributed by atoms with Gasteiger partial charge in [-0.15, -0.1) is 0 Å². The second kappa shape index (κ2) is 9.16. The van der Waals surface area contributed by atoms with Crippen LogP contribution >= 0.6 is 0 Å². The number of guanidine groups is 1. The molecule has 0 aliphatic carbocycles. The van der Waals surface area contributed by atoms with E-state index in [-0.39, 0.29) is 12.2 Å². The van der Waals surface area contributed by atoms with Crippen LogP contribution in [-0.4, -0.2) is 38.4 Å². The van der Waals surface area contributed by atoms with Crippen molar-refractivity contribution in [3.05, 3.63) is 54.1 Å². The lowest BCUT2D eigenvalue weighted by Gasteiger charge is -2.27. The molecule has 6 nitrogen and oxygen atoms in total. The first-order valence-electron chi connectivity index (χ1n) is 9.22. The minimum absolute atomic E-state index is 0.0640. The van der Waals surface area contributed by atoms with E-state index in [0.717, 1.165) is 28.8 Å². The van der Waals surface area contributed by atoms with E-state index in [1.54, 1.807) is 7.05 Å². The van der Waals surface area contributed by atoms with Gasteiger partial charge in [-0.05, 0) is 43.7 Å². The van der Waals surface area contributed by atoms with Crippen LogP contribution in [0, 0.1) is 0 Å². The summed E-state index contributed by atoms with van der Waals surface area (Å²) in [6, 6.07) is 15.8. The number of ether oxygens (including phenoxy) is 3. The summed E-state index contributed by atoms with van der Waals surface area (Å²) in [6.07, 6.45) is 0.112. The maximum absolute atomic E-state index is 5.95. The Morgan fingerprint density at radius 3 is 2.56 bits per heavy atom. The third-order valence-corrected chi connectivity index (χ3v) is 4.04. The van der Waals surface area contributed by atoms with Gasteiger partial charge in [-0.1, -0.05) is 24.3 Å². The van der Waals surface area contributed by atoms with Crippen molar-refractivity contribution in [2.75, 3.05) is 20.2 Å². The standard InChI is InChI=1S/C21H27N3O3/c1-15(2)26-17-10-8-16(9-11-17)12-23-21(22-3)24-13-18-14-25-19-6-4-5-7-20(19)27-18/h4-11,15,18H,12-14H2,1-3H3,(H2,22,23,24). The number of aliphatic imine (C=N–C) groups is 1. The van der Waals surface area contributed by atoms with Crippen LogP contribution < -0.4 is 24.8 Å². The number of nitrogens with one attached hydrogen (secondary N) is 2. The maximum atomic E-state index is 5.95. The molecule has 0 saturated carbocycles. The molecule has 144 valence electrons. The molecule has 1 unspecified atom stereocenters. The molecule has 0 saturated heterocycles. The molecule has 1 atom stereocenters. The smallest absolute Gasteiger partial charge is 0.191 e. The Morgan fingerprint density at radius 2 is 1.85 bits per heavy atom. The molecule has 3 rings (SSSR count). The van der Waals surface area contributed by atoms with Crippen LogP contribution in [0.3, 0.4) is 0 Å². The highest BCUT2D eigenvalue weighted by Gasteiger charge is 2.20. The normalized spacial score (nSPS) is 16.1. The minimum atomic E-state index is -0.0640. The molecule has 0 bridgehead atoms. The van der Waals surface area contributed by atoms with Crippen molar-refractivity contribution in [1.29, 1.82) is 0 Å². The first-order valence-corrected chi connectivity index (χ1v) is 9.22. The fourth-order valence-electron chi connectivity index (χ4n) is 2.74. The predicted octanol–water partition coefficient (Wildman–Crippen LogP) is 2.98. The lowest BCUT2D eigenvalue weighted by molar-refractivity contribution is 0.0936. The van der Waals surface area contributed by atoms with E-state index in [0.29, 0.717) is 19.7 Å². The predicted molar refractivity (Wildman–Crippen MR) is 107 cm³/mol. The molecule has 0 spiro atoms. The van der Waals surface area contributed by atoms with Crippen LogP contribution in [0.15, 0.2) is 53.5 Å². The zero-order valence-electron chi connectivity index (χ0n) is 16.1. The van der Waals surface area contributed by atoms with Crippen molar-refractivity contribution in [1.82, 2.24) is 10.6 Å². The number of para-hydroxylation sites is 2. The van der Waals surface area contributed by atoms with Crippen molar-refractivity contribution >= 4 is 5.96 Å². The first kappa shape index (κ1) is 18.9. The van der Waals surface area contributed by atoms with E-state index >= 15 is 0 Å². The average Bonchev–Trinajstić information content (AvgIpc) is 2.68. The zero-order valence-corrected chi connectivity index (χ0v) is 16.1. The van der Waals surface area contributed by atoms with Gasteiger partial charge in [0.25, 0.3) is 0 Å². The molecule has 0 amide bonds. The molecule has 1 aliphatic heterocycles. The number of hydrogen-bond donors (Lipinski definition) is 2. The fraction of sp³-hybridized carbons (Fsp3) is 0.381. The summed E-state index contributed by atoms with van der Waals surface area (Å²) >= 11 is 0. The molecular weight excluding hydrogens is 342 g/mol. The summed E-state index contributed by atoms with van der Waals surface area (Å²) in [5.41, 5.74) is 1.15. The number of fused-ring (bicyclic) bond motifs is 1. The zero-order chi connectivity index (χ0) is 19.1. The van der Waals surface area contributed by atoms with Crippen molar-refractivity contribution in [2.45, 2.75) is 32.6 Å². The lowest BCUT2D eigenvalue weighted by atomic mass is 10.2. The summed E-state index contributed by atoms with van der Waals surface area (Å²) in [5.74, 6) is 3.18. The van der Waals surface area contributed by atoms with Crippen LogP contribution in [0.5, 0.6) is 17.2 Å². The SMILES string of the molecule is CN=C(NCc1ccc(OC(C)C)cc1)NCC1COc2ccccc2O1. The molecule has 6 heteroatoms. The Labute approximate surface area is 160 Å². The third-order valence-electron chi connectivity index (χ3n) is 4.04. The van der Waals surface area contributed by atoms with E-state index < -0.39 is 0 Å². The maximum Gasteiger partial charge on any atom is 0.191 e. The van der Waals surface area contributed by atoms with E-state index in [4.69, 9.17) is 14.2 Å². The quantitative estimate of drug-likeness (QED) is 0.605. The summed E-state index contributed by atoms with van der Waals surface area (Å²) < 4.78 is 17.3. The van der Waals surface area contributed by atoms with Gasteiger partial charge in [-0.2, -0.15) is 0 Å². The molecule has 27 heavy (non-hydrogen) atoms. The highest BCUT2D eigenvalue weighted by molar-refractivity contribution is 5.79. The summed E-state index contributed by atoms with van der Waals surface area (Å²) in [6.45, 7) is 5.83. The highest BCUT2D eigenvalue weighted by atomic mass is 16.6. The van der Waals surface area contributed by atoms with Gasteiger partial charge < -0.3 is 24.8 Å². The molecule has 0 fully saturated rings. The van der Waals surface area contributed by atoms with Gasteiger partial charge in [-0.3, -0.25) is 4.99 Å². The Kier molecular flexibility index (Phi) is 6.41. The highest BCUT2D eigenvalue weighted by Crippen LogP contribution is 2.30. The van der Waals surface area contributed by atoms with Crippen LogP contribution in [0.25, 0.3) is 0 Å². The molecule has 2 N–H and O–H groups in total. The second-order valence-electron chi connectivity index (χ2n) is 6.61. The van der Waals surface area contributed by atoms with Crippen LogP contribution in [0.4, 0.5) is 0 Å². The van der Waals surface area contributed by atoms with Gasteiger partial charge in [0.2, 0.25) is 0 Å². The Bertz CT molecular complexity index is 760. The van der Waals surface area contributed by atoms with E-state index in [1.807, 2.05) is 62.4 Å². The molecular formula is C21H27N3O3. The topological polar surface area (TPSA) is 64.1 Å². The first-order chi connectivity index (χ1) is 13.1. The largest absolute Gasteiger partial charge is 0.491 e. The van der Waals surface area contributed by atoms with Crippen molar-refractivity contribution < 1.29 is 14.2 Å². The third kappa shape index (κ3) is 5.54. The number of benzene rings is 2. The summed E-state index contributed by atoms with van der Waals surface area (Å²) in [7, 11) is 1.75. The van der Waals surface area contributed by atoms with Gasteiger partial charge in [0.1, 0.15) is 18.5 Å². The van der Waals surface area contributed by atoms with E-state index in [1.165, 1.54) is 0 Å². The fourth-order valence-corrected chi connectivity index (χ4v) is 2.74. The number of rotatable bonds is 6. The van der Waals surface area contributed by atoms with Crippen molar-refractivity contribution in [3.63, 3.8) is 0 Å². The van der Waals surface area contributed by atoms with E-state index in [9.17, 15) is 0 Å². The molecule has 2 aromatic carbocycles. The molecule has 0 aromatic heterocycles. The minimum Gasteiger partial charge on any atom is -0.491 e. The van der Waals surface area contributed by atoms with Gasteiger partial charge in [0, 0.05) is 13.6 Å². The lowest BCUT2D eigenvalue weighted by Crippen LogP contribution is -2.45. The monoisotopic (exact) mass is 369 g/mol. The van der Waals surface area contributed by atoms with Crippen LogP contribution in [0.1, 0.15) is 19.4 Å². The van der Waals surface area contributed by atoms with Crippen LogP contribution in [0.2, 0.25) is 0 Å². The summed E-state index contributed by atoms with van der Waals surface area (Å²) in [4.78, 5) is 4.26. The number of nitrogens with zero attached hydrogens (tertiary/aromatic N) is 1. The van der Waals surface area contributed by atoms with Gasteiger partial charge >= 0.3 is 0 Å².